The second kappa shape index (κ2) is 10.1. The summed E-state index contributed by atoms with van der Waals surface area (Å²) in [5, 5.41) is 3.61. The second-order valence-electron chi connectivity index (χ2n) is 8.20. The van der Waals surface area contributed by atoms with Gasteiger partial charge in [0, 0.05) is 46.3 Å². The molecule has 2 fully saturated rings. The van der Waals surface area contributed by atoms with Gasteiger partial charge >= 0.3 is 0 Å². The SMILES string of the molecule is CN=C(NCCN1CCCN(C)CC1)N1CCC(c2ccccc2)C(C)C1. The zero-order valence-corrected chi connectivity index (χ0v) is 17.4. The van der Waals surface area contributed by atoms with Crippen LogP contribution in [0.2, 0.25) is 0 Å². The van der Waals surface area contributed by atoms with Crippen LogP contribution in [0.25, 0.3) is 0 Å². The van der Waals surface area contributed by atoms with Gasteiger partial charge in [-0.25, -0.2) is 0 Å². The summed E-state index contributed by atoms with van der Waals surface area (Å²) >= 11 is 0. The van der Waals surface area contributed by atoms with E-state index in [9.17, 15) is 0 Å². The number of nitrogens with one attached hydrogen (secondary N) is 1. The zero-order valence-electron chi connectivity index (χ0n) is 17.4. The quantitative estimate of drug-likeness (QED) is 0.651. The summed E-state index contributed by atoms with van der Waals surface area (Å²) in [6.07, 6.45) is 2.47. The first-order chi connectivity index (χ1) is 13.2. The van der Waals surface area contributed by atoms with Crippen LogP contribution in [0.4, 0.5) is 0 Å². The first kappa shape index (κ1) is 20.2. The van der Waals surface area contributed by atoms with Crippen LogP contribution in [-0.4, -0.2) is 87.1 Å². The minimum Gasteiger partial charge on any atom is -0.355 e. The van der Waals surface area contributed by atoms with Gasteiger partial charge in [0.05, 0.1) is 0 Å². The molecule has 5 nitrogen and oxygen atoms in total. The molecular weight excluding hydrogens is 334 g/mol. The van der Waals surface area contributed by atoms with Gasteiger partial charge in [0.2, 0.25) is 0 Å². The predicted molar refractivity (Wildman–Crippen MR) is 114 cm³/mol. The number of hydrogen-bond donors (Lipinski definition) is 1. The fourth-order valence-corrected chi connectivity index (χ4v) is 4.52. The molecule has 2 unspecified atom stereocenters. The van der Waals surface area contributed by atoms with Crippen molar-refractivity contribution in [3.63, 3.8) is 0 Å². The lowest BCUT2D eigenvalue weighted by Crippen LogP contribution is -2.49. The minimum atomic E-state index is 0.640. The number of aliphatic imine (C=N–C) groups is 1. The molecule has 2 aliphatic rings. The lowest BCUT2D eigenvalue weighted by molar-refractivity contribution is 0.232. The minimum absolute atomic E-state index is 0.640. The van der Waals surface area contributed by atoms with Gasteiger partial charge in [0.15, 0.2) is 5.96 Å². The van der Waals surface area contributed by atoms with Gasteiger partial charge in [-0.2, -0.15) is 0 Å². The molecule has 0 saturated carbocycles. The molecule has 1 N–H and O–H groups in total. The highest BCUT2D eigenvalue weighted by atomic mass is 15.3. The van der Waals surface area contributed by atoms with E-state index in [2.05, 4.69) is 69.3 Å². The van der Waals surface area contributed by atoms with Gasteiger partial charge in [-0.3, -0.25) is 4.99 Å². The van der Waals surface area contributed by atoms with Crippen molar-refractivity contribution < 1.29 is 0 Å². The second-order valence-corrected chi connectivity index (χ2v) is 8.20. The third-order valence-corrected chi connectivity index (χ3v) is 6.17. The fraction of sp³-hybridized carbons (Fsp3) is 0.682. The standard InChI is InChI=1S/C22H37N5/c1-19-18-27(14-10-21(19)20-8-5-4-6-9-20)22(23-2)24-11-15-26-13-7-12-25(3)16-17-26/h4-6,8-9,19,21H,7,10-18H2,1-3H3,(H,23,24). The highest BCUT2D eigenvalue weighted by Crippen LogP contribution is 2.32. The average molecular weight is 372 g/mol. The number of nitrogens with zero attached hydrogens (tertiary/aromatic N) is 4. The summed E-state index contributed by atoms with van der Waals surface area (Å²) in [5.41, 5.74) is 1.48. The maximum absolute atomic E-state index is 4.56. The van der Waals surface area contributed by atoms with Gasteiger partial charge in [0.1, 0.15) is 0 Å². The van der Waals surface area contributed by atoms with Crippen LogP contribution in [0.5, 0.6) is 0 Å². The molecule has 3 rings (SSSR count). The number of guanidine groups is 1. The molecular formula is C22H37N5. The van der Waals surface area contributed by atoms with E-state index in [1.54, 1.807) is 0 Å². The van der Waals surface area contributed by atoms with Crippen LogP contribution in [-0.2, 0) is 0 Å². The molecule has 2 aliphatic heterocycles. The maximum atomic E-state index is 4.56. The van der Waals surface area contributed by atoms with Crippen molar-refractivity contribution in [3.05, 3.63) is 35.9 Å². The summed E-state index contributed by atoms with van der Waals surface area (Å²) in [5.74, 6) is 2.37. The summed E-state index contributed by atoms with van der Waals surface area (Å²) in [6.45, 7) is 11.4. The number of likely N-dealkylation sites (N-methyl/N-ethyl adjacent to an activating group) is 1. The van der Waals surface area contributed by atoms with Crippen LogP contribution >= 0.6 is 0 Å². The molecule has 27 heavy (non-hydrogen) atoms. The molecule has 2 atom stereocenters. The molecule has 1 aromatic rings. The normalized spacial score (nSPS) is 26.0. The Kier molecular flexibility index (Phi) is 7.53. The van der Waals surface area contributed by atoms with Crippen LogP contribution in [0.1, 0.15) is 31.2 Å². The van der Waals surface area contributed by atoms with Crippen molar-refractivity contribution >= 4 is 5.96 Å². The lowest BCUT2D eigenvalue weighted by atomic mass is 9.82. The predicted octanol–water partition coefficient (Wildman–Crippen LogP) is 2.32. The van der Waals surface area contributed by atoms with Crippen LogP contribution in [0.3, 0.4) is 0 Å². The lowest BCUT2D eigenvalue weighted by Gasteiger charge is -2.39. The fourth-order valence-electron chi connectivity index (χ4n) is 4.52. The van der Waals surface area contributed by atoms with E-state index in [4.69, 9.17) is 0 Å². The third-order valence-electron chi connectivity index (χ3n) is 6.17. The maximum Gasteiger partial charge on any atom is 0.193 e. The van der Waals surface area contributed by atoms with Gasteiger partial charge in [-0.15, -0.1) is 0 Å². The van der Waals surface area contributed by atoms with Crippen molar-refractivity contribution in [3.8, 4) is 0 Å². The molecule has 0 radical (unpaired) electrons. The van der Waals surface area contributed by atoms with Crippen molar-refractivity contribution in [2.75, 3.05) is 66.5 Å². The Balaban J connectivity index is 1.46. The number of piperidine rings is 1. The largest absolute Gasteiger partial charge is 0.355 e. The van der Waals surface area contributed by atoms with E-state index in [-0.39, 0.29) is 0 Å². The Morgan fingerprint density at radius 1 is 1.11 bits per heavy atom. The summed E-state index contributed by atoms with van der Waals surface area (Å²) in [7, 11) is 4.14. The monoisotopic (exact) mass is 371 g/mol. The van der Waals surface area contributed by atoms with Gasteiger partial charge in [-0.1, -0.05) is 37.3 Å². The topological polar surface area (TPSA) is 34.1 Å². The van der Waals surface area contributed by atoms with Crippen molar-refractivity contribution in [1.29, 1.82) is 0 Å². The Labute approximate surface area is 165 Å². The molecule has 2 saturated heterocycles. The average Bonchev–Trinajstić information content (AvgIpc) is 2.90. The molecule has 1 aromatic carbocycles. The molecule has 0 spiro atoms. The third kappa shape index (κ3) is 5.69. The molecule has 0 aliphatic carbocycles. The van der Waals surface area contributed by atoms with Gasteiger partial charge < -0.3 is 20.0 Å². The highest BCUT2D eigenvalue weighted by molar-refractivity contribution is 5.80. The van der Waals surface area contributed by atoms with Crippen LogP contribution in [0.15, 0.2) is 35.3 Å². The summed E-state index contributed by atoms with van der Waals surface area (Å²) in [4.78, 5) is 12.0. The first-order valence-corrected chi connectivity index (χ1v) is 10.6. The Bertz CT molecular complexity index is 588. The Morgan fingerprint density at radius 2 is 1.93 bits per heavy atom. The van der Waals surface area contributed by atoms with Crippen molar-refractivity contribution in [2.45, 2.75) is 25.7 Å². The molecule has 0 amide bonds. The van der Waals surface area contributed by atoms with Gasteiger partial charge in [0.25, 0.3) is 0 Å². The van der Waals surface area contributed by atoms with Gasteiger partial charge in [-0.05, 0) is 50.4 Å². The van der Waals surface area contributed by atoms with E-state index in [1.165, 1.54) is 44.6 Å². The van der Waals surface area contributed by atoms with E-state index < -0.39 is 0 Å². The molecule has 2 heterocycles. The zero-order chi connectivity index (χ0) is 19.1. The van der Waals surface area contributed by atoms with Crippen molar-refractivity contribution in [2.24, 2.45) is 10.9 Å². The van der Waals surface area contributed by atoms with E-state index in [0.29, 0.717) is 11.8 Å². The Morgan fingerprint density at radius 3 is 2.67 bits per heavy atom. The molecule has 0 bridgehead atoms. The smallest absolute Gasteiger partial charge is 0.193 e. The van der Waals surface area contributed by atoms with E-state index >= 15 is 0 Å². The summed E-state index contributed by atoms with van der Waals surface area (Å²) in [6, 6.07) is 11.0. The molecule has 5 heteroatoms. The number of rotatable bonds is 4. The first-order valence-electron chi connectivity index (χ1n) is 10.6. The van der Waals surface area contributed by atoms with E-state index in [0.717, 1.165) is 32.1 Å². The molecule has 0 aromatic heterocycles. The van der Waals surface area contributed by atoms with Crippen molar-refractivity contribution in [1.82, 2.24) is 20.0 Å². The van der Waals surface area contributed by atoms with E-state index in [1.807, 2.05) is 7.05 Å². The number of likely N-dealkylation sites (tertiary alicyclic amines) is 1. The van der Waals surface area contributed by atoms with Crippen LogP contribution in [0, 0.1) is 5.92 Å². The number of hydrogen-bond acceptors (Lipinski definition) is 3. The summed E-state index contributed by atoms with van der Waals surface area (Å²) < 4.78 is 0. The van der Waals surface area contributed by atoms with Crippen LogP contribution < -0.4 is 5.32 Å². The Hall–Kier alpha value is -1.59. The molecule has 150 valence electrons. The highest BCUT2D eigenvalue weighted by Gasteiger charge is 2.28. The number of benzene rings is 1.